The second kappa shape index (κ2) is 7.98. The third kappa shape index (κ3) is 3.84. The van der Waals surface area contributed by atoms with Crippen molar-refractivity contribution in [3.05, 3.63) is 70.9 Å². The highest BCUT2D eigenvalue weighted by Gasteiger charge is 2.26. The van der Waals surface area contributed by atoms with Gasteiger partial charge < -0.3 is 14.5 Å². The highest BCUT2D eigenvalue weighted by atomic mass is 16.5. The van der Waals surface area contributed by atoms with Crippen LogP contribution in [0.4, 0.5) is 0 Å². The van der Waals surface area contributed by atoms with Crippen LogP contribution in [0.15, 0.2) is 47.0 Å². The van der Waals surface area contributed by atoms with Gasteiger partial charge in [0.25, 0.3) is 5.91 Å². The van der Waals surface area contributed by atoms with Gasteiger partial charge in [-0.2, -0.15) is 5.10 Å². The molecule has 0 saturated heterocycles. The fourth-order valence-corrected chi connectivity index (χ4v) is 3.51. The summed E-state index contributed by atoms with van der Waals surface area (Å²) < 4.78 is 7.10. The zero-order chi connectivity index (χ0) is 19.5. The van der Waals surface area contributed by atoms with Crippen molar-refractivity contribution < 1.29 is 14.4 Å². The van der Waals surface area contributed by atoms with Crippen molar-refractivity contribution >= 4 is 5.91 Å². The summed E-state index contributed by atoms with van der Waals surface area (Å²) in [6.07, 6.45) is 1.56. The summed E-state index contributed by atoms with van der Waals surface area (Å²) >= 11 is 0. The lowest BCUT2D eigenvalue weighted by atomic mass is 10.1. The summed E-state index contributed by atoms with van der Waals surface area (Å²) in [7, 11) is 0. The minimum Gasteiger partial charge on any atom is -0.386 e. The molecule has 1 amide bonds. The van der Waals surface area contributed by atoms with Gasteiger partial charge >= 0.3 is 0 Å². The molecule has 0 fully saturated rings. The molecule has 146 valence electrons. The molecule has 1 atom stereocenters. The molecule has 1 aromatic carbocycles. The van der Waals surface area contributed by atoms with Crippen LogP contribution < -0.4 is 0 Å². The van der Waals surface area contributed by atoms with Crippen LogP contribution in [0.1, 0.15) is 52.6 Å². The number of carbonyl (C=O) groups is 1. The summed E-state index contributed by atoms with van der Waals surface area (Å²) in [5, 5.41) is 19.0. The van der Waals surface area contributed by atoms with Crippen molar-refractivity contribution in [2.45, 2.75) is 45.4 Å². The SMILES string of the molecule is CCCc1cc(C(=O)N2CCn3nc(C(O)Cc4ccccc4)cc3C2)no1. The molecule has 3 aromatic rings. The number of hydrogen-bond acceptors (Lipinski definition) is 5. The van der Waals surface area contributed by atoms with Crippen LogP contribution in [-0.2, 0) is 25.9 Å². The molecule has 1 N–H and O–H groups in total. The van der Waals surface area contributed by atoms with Crippen LogP contribution in [0.3, 0.4) is 0 Å². The Hall–Kier alpha value is -2.93. The molecule has 3 heterocycles. The van der Waals surface area contributed by atoms with E-state index in [1.807, 2.05) is 41.1 Å². The third-order valence-corrected chi connectivity index (χ3v) is 4.99. The molecule has 7 nitrogen and oxygen atoms in total. The molecular formula is C21H24N4O3. The molecule has 1 aliphatic heterocycles. The van der Waals surface area contributed by atoms with E-state index in [0.29, 0.717) is 37.4 Å². The predicted molar refractivity (Wildman–Crippen MR) is 103 cm³/mol. The number of carbonyl (C=O) groups excluding carboxylic acids is 1. The third-order valence-electron chi connectivity index (χ3n) is 4.99. The smallest absolute Gasteiger partial charge is 0.276 e. The molecule has 4 rings (SSSR count). The van der Waals surface area contributed by atoms with Crippen molar-refractivity contribution in [1.29, 1.82) is 0 Å². The Bertz CT molecular complexity index is 948. The minimum atomic E-state index is -0.670. The fraction of sp³-hybridized carbons (Fsp3) is 0.381. The van der Waals surface area contributed by atoms with Crippen molar-refractivity contribution in [1.82, 2.24) is 19.8 Å². The number of nitrogens with zero attached hydrogens (tertiary/aromatic N) is 4. The van der Waals surface area contributed by atoms with E-state index in [0.717, 1.165) is 29.9 Å². The first-order valence-corrected chi connectivity index (χ1v) is 9.67. The molecular weight excluding hydrogens is 356 g/mol. The van der Waals surface area contributed by atoms with Crippen LogP contribution in [-0.4, -0.2) is 37.4 Å². The number of aliphatic hydroxyl groups excluding tert-OH is 1. The fourth-order valence-electron chi connectivity index (χ4n) is 3.51. The Labute approximate surface area is 163 Å². The second-order valence-electron chi connectivity index (χ2n) is 7.14. The molecule has 0 spiro atoms. The predicted octanol–water partition coefficient (Wildman–Crippen LogP) is 2.76. The van der Waals surface area contributed by atoms with E-state index < -0.39 is 6.10 Å². The van der Waals surface area contributed by atoms with Crippen LogP contribution in [0.5, 0.6) is 0 Å². The Morgan fingerprint density at radius 3 is 2.86 bits per heavy atom. The van der Waals surface area contributed by atoms with Gasteiger partial charge in [0.15, 0.2) is 5.69 Å². The average molecular weight is 380 g/mol. The van der Waals surface area contributed by atoms with Gasteiger partial charge in [0.1, 0.15) is 11.9 Å². The van der Waals surface area contributed by atoms with Gasteiger partial charge in [-0.25, -0.2) is 0 Å². The standard InChI is InChI=1S/C21H24N4O3/c1-2-6-17-13-19(23-28-17)21(27)24-9-10-25-16(14-24)12-18(22-25)20(26)11-15-7-4-3-5-8-15/h3-5,7-8,12-13,20,26H,2,6,9-11,14H2,1H3. The highest BCUT2D eigenvalue weighted by Crippen LogP contribution is 2.22. The number of rotatable bonds is 6. The van der Waals surface area contributed by atoms with Crippen LogP contribution in [0.2, 0.25) is 0 Å². The molecule has 28 heavy (non-hydrogen) atoms. The summed E-state index contributed by atoms with van der Waals surface area (Å²) in [5.74, 6) is 0.601. The number of aliphatic hydroxyl groups is 1. The van der Waals surface area contributed by atoms with Crippen LogP contribution in [0.25, 0.3) is 0 Å². The number of benzene rings is 1. The first-order valence-electron chi connectivity index (χ1n) is 9.67. The van der Waals surface area contributed by atoms with Crippen molar-refractivity contribution in [2.75, 3.05) is 6.54 Å². The maximum atomic E-state index is 12.7. The molecule has 1 aliphatic rings. The summed E-state index contributed by atoms with van der Waals surface area (Å²) in [4.78, 5) is 14.5. The van der Waals surface area contributed by atoms with Crippen LogP contribution in [0, 0.1) is 0 Å². The van der Waals surface area contributed by atoms with Gasteiger partial charge in [-0.3, -0.25) is 9.48 Å². The average Bonchev–Trinajstić information content (AvgIpc) is 3.35. The lowest BCUT2D eigenvalue weighted by Gasteiger charge is -2.26. The number of amides is 1. The van der Waals surface area contributed by atoms with Crippen molar-refractivity contribution in [2.24, 2.45) is 0 Å². The maximum absolute atomic E-state index is 12.7. The van der Waals surface area contributed by atoms with Crippen molar-refractivity contribution in [3.63, 3.8) is 0 Å². The number of hydrogen-bond donors (Lipinski definition) is 1. The second-order valence-corrected chi connectivity index (χ2v) is 7.14. The topological polar surface area (TPSA) is 84.4 Å². The summed E-state index contributed by atoms with van der Waals surface area (Å²) in [5.41, 5.74) is 2.96. The van der Waals surface area contributed by atoms with Gasteiger partial charge in [0.05, 0.1) is 24.5 Å². The lowest BCUT2D eigenvalue weighted by Crippen LogP contribution is -2.38. The Morgan fingerprint density at radius 2 is 2.07 bits per heavy atom. The largest absolute Gasteiger partial charge is 0.386 e. The van der Waals surface area contributed by atoms with E-state index in [1.54, 1.807) is 11.0 Å². The highest BCUT2D eigenvalue weighted by molar-refractivity contribution is 5.92. The van der Waals surface area contributed by atoms with Crippen LogP contribution >= 0.6 is 0 Å². The Kier molecular flexibility index (Phi) is 5.25. The van der Waals surface area contributed by atoms with Gasteiger partial charge in [-0.1, -0.05) is 42.4 Å². The molecule has 0 bridgehead atoms. The Morgan fingerprint density at radius 1 is 1.25 bits per heavy atom. The van der Waals surface area contributed by atoms with Gasteiger partial charge in [-0.05, 0) is 18.1 Å². The molecule has 7 heteroatoms. The van der Waals surface area contributed by atoms with E-state index in [4.69, 9.17) is 4.52 Å². The molecule has 0 saturated carbocycles. The van der Waals surface area contributed by atoms with Crippen molar-refractivity contribution in [3.8, 4) is 0 Å². The molecule has 0 radical (unpaired) electrons. The molecule has 1 unspecified atom stereocenters. The first-order chi connectivity index (χ1) is 13.6. The van der Waals surface area contributed by atoms with E-state index in [9.17, 15) is 9.90 Å². The maximum Gasteiger partial charge on any atom is 0.276 e. The summed E-state index contributed by atoms with van der Waals surface area (Å²) in [6, 6.07) is 13.5. The molecule has 2 aromatic heterocycles. The van der Waals surface area contributed by atoms with E-state index >= 15 is 0 Å². The van der Waals surface area contributed by atoms with E-state index in [2.05, 4.69) is 17.2 Å². The molecule has 0 aliphatic carbocycles. The number of aryl methyl sites for hydroxylation is 1. The monoisotopic (exact) mass is 380 g/mol. The normalized spacial score (nSPS) is 14.7. The summed E-state index contributed by atoms with van der Waals surface area (Å²) in [6.45, 7) is 3.65. The Balaban J connectivity index is 1.44. The van der Waals surface area contributed by atoms with E-state index in [1.165, 1.54) is 0 Å². The zero-order valence-corrected chi connectivity index (χ0v) is 15.9. The quantitative estimate of drug-likeness (QED) is 0.711. The van der Waals surface area contributed by atoms with Gasteiger partial charge in [-0.15, -0.1) is 0 Å². The first kappa shape index (κ1) is 18.4. The van der Waals surface area contributed by atoms with Gasteiger partial charge in [0, 0.05) is 25.5 Å². The number of fused-ring (bicyclic) bond motifs is 1. The number of aromatic nitrogens is 3. The lowest BCUT2D eigenvalue weighted by molar-refractivity contribution is 0.0695. The minimum absolute atomic E-state index is 0.134. The van der Waals surface area contributed by atoms with Gasteiger partial charge in [0.2, 0.25) is 0 Å². The zero-order valence-electron chi connectivity index (χ0n) is 15.9. The van der Waals surface area contributed by atoms with E-state index in [-0.39, 0.29) is 5.91 Å².